The molecule has 2 aliphatic rings. The van der Waals surface area contributed by atoms with Crippen LogP contribution in [0.25, 0.3) is 10.9 Å². The summed E-state index contributed by atoms with van der Waals surface area (Å²) in [4.78, 5) is 31.9. The second-order valence-corrected chi connectivity index (χ2v) is 9.30. The van der Waals surface area contributed by atoms with E-state index in [1.165, 1.54) is 12.4 Å². The first-order valence-electron chi connectivity index (χ1n) is 12.5. The van der Waals surface area contributed by atoms with Gasteiger partial charge in [-0.3, -0.25) is 14.3 Å². The molecule has 3 N–H and O–H groups in total. The molecule has 12 heteroatoms. The second kappa shape index (κ2) is 10.7. The summed E-state index contributed by atoms with van der Waals surface area (Å²) >= 11 is 0. The molecule has 2 atom stereocenters. The van der Waals surface area contributed by atoms with E-state index >= 15 is 0 Å². The Morgan fingerprint density at radius 2 is 2.00 bits per heavy atom. The number of aromatic nitrogens is 4. The number of hydrogen-bond donors (Lipinski definition) is 2. The average Bonchev–Trinajstić information content (AvgIpc) is 3.37. The van der Waals surface area contributed by atoms with Crippen molar-refractivity contribution in [3.05, 3.63) is 35.7 Å². The highest BCUT2D eigenvalue weighted by Crippen LogP contribution is 2.37. The van der Waals surface area contributed by atoms with Crippen LogP contribution in [0.5, 0.6) is 11.5 Å². The van der Waals surface area contributed by atoms with Gasteiger partial charge in [0.05, 0.1) is 31.5 Å². The van der Waals surface area contributed by atoms with Crippen LogP contribution in [0.2, 0.25) is 0 Å². The molecule has 0 saturated carbocycles. The van der Waals surface area contributed by atoms with Crippen LogP contribution in [0.15, 0.2) is 29.5 Å². The maximum atomic E-state index is 12.8. The Labute approximate surface area is 214 Å². The molecule has 1 fully saturated rings. The number of rotatable bonds is 7. The minimum absolute atomic E-state index is 0.0891. The van der Waals surface area contributed by atoms with Crippen LogP contribution in [0.4, 0.5) is 11.8 Å². The van der Waals surface area contributed by atoms with E-state index in [2.05, 4.69) is 39.0 Å². The number of nitrogen functional groups attached to an aromatic ring is 1. The molecule has 2 aliphatic heterocycles. The first-order valence-corrected chi connectivity index (χ1v) is 12.5. The van der Waals surface area contributed by atoms with E-state index in [1.54, 1.807) is 7.11 Å². The standard InChI is InChI=1S/C25H32N8O4/c1-15-13-32(14-16(2)37-15)8-4-10-36-19-6-5-18-20(21(19)35-3)30-25(33-9-7-27-22(18)33)31-23(34)17-11-28-24(26)29-12-17/h5-6,11-12,15-16,27H,4,7-10,13-14H2,1-3H3,(H2,26,28,29). The van der Waals surface area contributed by atoms with Crippen LogP contribution in [-0.4, -0.2) is 82.4 Å². The molecule has 0 aliphatic carbocycles. The summed E-state index contributed by atoms with van der Waals surface area (Å²) in [5.74, 6) is 1.50. The third kappa shape index (κ3) is 5.35. The number of ether oxygens (including phenoxy) is 3. The highest BCUT2D eigenvalue weighted by molar-refractivity contribution is 5.96. The van der Waals surface area contributed by atoms with Gasteiger partial charge in [0.25, 0.3) is 5.91 Å². The van der Waals surface area contributed by atoms with Gasteiger partial charge in [0, 0.05) is 50.5 Å². The number of carbonyl (C=O) groups excluding carboxylic acids is 1. The fourth-order valence-corrected chi connectivity index (χ4v) is 4.89. The van der Waals surface area contributed by atoms with Crippen molar-refractivity contribution in [3.8, 4) is 11.5 Å². The quantitative estimate of drug-likeness (QED) is 0.450. The van der Waals surface area contributed by atoms with Crippen LogP contribution < -0.4 is 26.1 Å². The number of benzene rings is 1. The number of amides is 1. The number of carbonyl (C=O) groups is 1. The third-order valence-corrected chi connectivity index (χ3v) is 6.40. The Kier molecular flexibility index (Phi) is 7.19. The third-order valence-electron chi connectivity index (χ3n) is 6.40. The van der Waals surface area contributed by atoms with Crippen molar-refractivity contribution >= 4 is 28.6 Å². The minimum Gasteiger partial charge on any atom is -0.491 e. The zero-order valence-electron chi connectivity index (χ0n) is 21.3. The van der Waals surface area contributed by atoms with Crippen molar-refractivity contribution in [2.24, 2.45) is 4.99 Å². The largest absolute Gasteiger partial charge is 0.491 e. The number of hydrogen-bond acceptors (Lipinski definition) is 10. The molecule has 0 bridgehead atoms. The topological polar surface area (TPSA) is 142 Å². The number of nitrogens with one attached hydrogen (secondary N) is 1. The number of fused-ring (bicyclic) bond motifs is 3. The summed E-state index contributed by atoms with van der Waals surface area (Å²) in [6.45, 7) is 8.85. The summed E-state index contributed by atoms with van der Waals surface area (Å²) in [6, 6.07) is 3.85. The van der Waals surface area contributed by atoms with E-state index in [4.69, 9.17) is 24.9 Å². The van der Waals surface area contributed by atoms with Gasteiger partial charge in [-0.15, -0.1) is 0 Å². The number of morpholine rings is 1. The van der Waals surface area contributed by atoms with E-state index in [-0.39, 0.29) is 29.3 Å². The Hall–Kier alpha value is -3.77. The van der Waals surface area contributed by atoms with Crippen LogP contribution in [0, 0.1) is 0 Å². The molecule has 1 amide bonds. The molecular formula is C25H32N8O4. The predicted octanol–water partition coefficient (Wildman–Crippen LogP) is 1.46. The summed E-state index contributed by atoms with van der Waals surface area (Å²) in [5.41, 5.74) is 6.59. The van der Waals surface area contributed by atoms with E-state index in [9.17, 15) is 4.79 Å². The molecule has 1 saturated heterocycles. The molecule has 2 unspecified atom stereocenters. The molecule has 5 rings (SSSR count). The SMILES string of the molecule is COc1c(OCCCN2CC(C)OC(C)C2)ccc2c3n(c(=NC(=O)c4cnc(N)nc4)nc12)CCN3. The van der Waals surface area contributed by atoms with Crippen LogP contribution in [-0.2, 0) is 11.3 Å². The Balaban J connectivity index is 1.40. The second-order valence-electron chi connectivity index (χ2n) is 9.30. The lowest BCUT2D eigenvalue weighted by atomic mass is 10.2. The molecule has 2 aromatic heterocycles. The lowest BCUT2D eigenvalue weighted by Gasteiger charge is -2.35. The zero-order chi connectivity index (χ0) is 25.9. The molecule has 3 aromatic rings. The Morgan fingerprint density at radius 1 is 1.24 bits per heavy atom. The van der Waals surface area contributed by atoms with Gasteiger partial charge < -0.3 is 25.3 Å². The van der Waals surface area contributed by atoms with Gasteiger partial charge in [-0.1, -0.05) is 0 Å². The zero-order valence-corrected chi connectivity index (χ0v) is 21.3. The molecule has 4 heterocycles. The Morgan fingerprint density at radius 3 is 2.73 bits per heavy atom. The lowest BCUT2D eigenvalue weighted by Crippen LogP contribution is -2.45. The minimum atomic E-state index is -0.508. The first-order chi connectivity index (χ1) is 17.9. The number of methoxy groups -OCH3 is 1. The lowest BCUT2D eigenvalue weighted by molar-refractivity contribution is -0.0686. The molecular weight excluding hydrogens is 476 g/mol. The van der Waals surface area contributed by atoms with Crippen molar-refractivity contribution in [1.29, 1.82) is 0 Å². The Bertz CT molecular complexity index is 1350. The van der Waals surface area contributed by atoms with E-state index in [1.807, 2.05) is 16.7 Å². The van der Waals surface area contributed by atoms with Crippen LogP contribution in [0.3, 0.4) is 0 Å². The molecule has 196 valence electrons. The number of nitrogens with zero attached hydrogens (tertiary/aromatic N) is 6. The van der Waals surface area contributed by atoms with Gasteiger partial charge >= 0.3 is 0 Å². The normalized spacial score (nSPS) is 20.0. The molecule has 12 nitrogen and oxygen atoms in total. The molecule has 0 spiro atoms. The first kappa shape index (κ1) is 24.9. The highest BCUT2D eigenvalue weighted by atomic mass is 16.5. The van der Waals surface area contributed by atoms with Gasteiger partial charge in [0.1, 0.15) is 11.3 Å². The fraction of sp³-hybridized carbons (Fsp3) is 0.480. The van der Waals surface area contributed by atoms with Crippen molar-refractivity contribution in [1.82, 2.24) is 24.4 Å². The van der Waals surface area contributed by atoms with Gasteiger partial charge in [-0.2, -0.15) is 4.99 Å². The van der Waals surface area contributed by atoms with Crippen molar-refractivity contribution in [2.45, 2.75) is 39.0 Å². The summed E-state index contributed by atoms with van der Waals surface area (Å²) in [5, 5.41) is 4.23. The summed E-state index contributed by atoms with van der Waals surface area (Å²) in [6.07, 6.45) is 4.05. The molecule has 1 aromatic carbocycles. The fourth-order valence-electron chi connectivity index (χ4n) is 4.89. The monoisotopic (exact) mass is 508 g/mol. The van der Waals surface area contributed by atoms with E-state index < -0.39 is 5.91 Å². The van der Waals surface area contributed by atoms with Gasteiger partial charge in [-0.25, -0.2) is 15.0 Å². The smallest absolute Gasteiger partial charge is 0.283 e. The maximum absolute atomic E-state index is 12.8. The summed E-state index contributed by atoms with van der Waals surface area (Å²) < 4.78 is 19.6. The van der Waals surface area contributed by atoms with Crippen LogP contribution >= 0.6 is 0 Å². The van der Waals surface area contributed by atoms with E-state index in [0.717, 1.165) is 37.3 Å². The summed E-state index contributed by atoms with van der Waals surface area (Å²) in [7, 11) is 1.58. The van der Waals surface area contributed by atoms with Gasteiger partial charge in [0.15, 0.2) is 11.5 Å². The average molecular weight is 509 g/mol. The maximum Gasteiger partial charge on any atom is 0.283 e. The molecule has 37 heavy (non-hydrogen) atoms. The van der Waals surface area contributed by atoms with E-state index in [0.29, 0.717) is 36.7 Å². The highest BCUT2D eigenvalue weighted by Gasteiger charge is 2.23. The van der Waals surface area contributed by atoms with Crippen molar-refractivity contribution in [3.63, 3.8) is 0 Å². The predicted molar refractivity (Wildman–Crippen MR) is 138 cm³/mol. The number of nitrogens with two attached hydrogens (primary N) is 1. The number of anilines is 2. The van der Waals surface area contributed by atoms with Gasteiger partial charge in [-0.05, 0) is 32.4 Å². The van der Waals surface area contributed by atoms with Crippen molar-refractivity contribution in [2.75, 3.05) is 50.9 Å². The van der Waals surface area contributed by atoms with Crippen molar-refractivity contribution < 1.29 is 19.0 Å². The van der Waals surface area contributed by atoms with Gasteiger partial charge in [0.2, 0.25) is 11.6 Å². The molecule has 0 radical (unpaired) electrons. The van der Waals surface area contributed by atoms with Crippen LogP contribution in [0.1, 0.15) is 30.6 Å².